The van der Waals surface area contributed by atoms with Crippen LogP contribution >= 0.6 is 11.6 Å². The molecule has 10 heteroatoms. The maximum atomic E-state index is 14.2. The Morgan fingerprint density at radius 2 is 1.77 bits per heavy atom. The molecule has 2 heterocycles. The molecule has 3 saturated carbocycles. The number of nitrogens with one attached hydrogen (secondary N) is 1. The summed E-state index contributed by atoms with van der Waals surface area (Å²) in [6.45, 7) is 0.687. The van der Waals surface area contributed by atoms with Gasteiger partial charge in [-0.3, -0.25) is 9.48 Å². The summed E-state index contributed by atoms with van der Waals surface area (Å²) in [5.74, 6) is 1.32. The molecule has 3 aliphatic rings. The molecule has 3 aromatic rings. The van der Waals surface area contributed by atoms with Gasteiger partial charge in [0.2, 0.25) is 11.8 Å². The maximum absolute atomic E-state index is 14.2. The molecule has 0 atom stereocenters. The number of hydrogen-bond donors (Lipinski definition) is 1. The molecule has 1 N–H and O–H groups in total. The zero-order valence-electron chi connectivity index (χ0n) is 25.6. The molecule has 0 bridgehead atoms. The third-order valence-electron chi connectivity index (χ3n) is 9.56. The van der Waals surface area contributed by atoms with E-state index in [1.54, 1.807) is 14.2 Å². The van der Waals surface area contributed by atoms with E-state index in [0.29, 0.717) is 61.0 Å². The number of halogens is 1. The summed E-state index contributed by atoms with van der Waals surface area (Å²) in [5.41, 5.74) is 4.23. The number of anilines is 1. The molecule has 0 aliphatic heterocycles. The van der Waals surface area contributed by atoms with Crippen molar-refractivity contribution in [3.63, 3.8) is 0 Å². The highest BCUT2D eigenvalue weighted by atomic mass is 35.5. The van der Waals surface area contributed by atoms with Gasteiger partial charge in [0.15, 0.2) is 0 Å². The van der Waals surface area contributed by atoms with E-state index in [-0.39, 0.29) is 17.9 Å². The van der Waals surface area contributed by atoms with Gasteiger partial charge in [0.25, 0.3) is 0 Å². The first-order valence-electron chi connectivity index (χ1n) is 16.0. The van der Waals surface area contributed by atoms with Crippen LogP contribution in [0.15, 0.2) is 48.9 Å². The van der Waals surface area contributed by atoms with Gasteiger partial charge >= 0.3 is 6.09 Å². The third kappa shape index (κ3) is 7.04. The van der Waals surface area contributed by atoms with Crippen LogP contribution in [-0.4, -0.2) is 53.6 Å². The lowest BCUT2D eigenvalue weighted by molar-refractivity contribution is -0.124. The smallest absolute Gasteiger partial charge is 0.407 e. The minimum atomic E-state index is -0.411. The van der Waals surface area contributed by atoms with E-state index in [1.807, 2.05) is 29.4 Å². The van der Waals surface area contributed by atoms with Gasteiger partial charge in [-0.15, -0.1) is 0 Å². The number of carbonyl (C=O) groups is 2. The van der Waals surface area contributed by atoms with E-state index in [9.17, 15) is 9.59 Å². The van der Waals surface area contributed by atoms with Crippen LogP contribution in [0.3, 0.4) is 0 Å². The summed E-state index contributed by atoms with van der Waals surface area (Å²) in [6, 6.07) is 10.8. The Kier molecular flexibility index (Phi) is 9.40. The Morgan fingerprint density at radius 1 is 1.00 bits per heavy atom. The Bertz CT molecular complexity index is 1460. The molecule has 6 rings (SSSR count). The van der Waals surface area contributed by atoms with Crippen molar-refractivity contribution < 1.29 is 19.1 Å². The quantitative estimate of drug-likeness (QED) is 0.273. The van der Waals surface area contributed by atoms with Crippen molar-refractivity contribution >= 4 is 29.3 Å². The molecule has 2 amide bonds. The highest BCUT2D eigenvalue weighted by Crippen LogP contribution is 2.40. The number of carbonyl (C=O) groups excluding carboxylic acids is 2. The SMILES string of the molecule is CNC(=O)O[C@H]1CC[C@H](C(=O)N(C[C@H]2CC[C@H](c3cnc(OC)c(Cl)c3)CC2)c2cccc(-c3cnn(C4CC4)c3)c2)CC1. The summed E-state index contributed by atoms with van der Waals surface area (Å²) in [4.78, 5) is 32.4. The van der Waals surface area contributed by atoms with Crippen LogP contribution in [0.4, 0.5) is 10.5 Å². The van der Waals surface area contributed by atoms with E-state index in [1.165, 1.54) is 12.8 Å². The first-order valence-corrected chi connectivity index (χ1v) is 16.3. The van der Waals surface area contributed by atoms with Crippen LogP contribution in [0, 0.1) is 11.8 Å². The zero-order chi connectivity index (χ0) is 30.6. The van der Waals surface area contributed by atoms with Crippen LogP contribution in [0.2, 0.25) is 5.02 Å². The van der Waals surface area contributed by atoms with Gasteiger partial charge in [-0.2, -0.15) is 5.10 Å². The highest BCUT2D eigenvalue weighted by molar-refractivity contribution is 6.31. The summed E-state index contributed by atoms with van der Waals surface area (Å²) < 4.78 is 12.8. The second-order valence-electron chi connectivity index (χ2n) is 12.5. The number of pyridine rings is 1. The average molecular weight is 620 g/mol. The van der Waals surface area contributed by atoms with Gasteiger partial charge in [-0.05, 0) is 105 Å². The predicted molar refractivity (Wildman–Crippen MR) is 170 cm³/mol. The van der Waals surface area contributed by atoms with Crippen LogP contribution in [0.5, 0.6) is 5.88 Å². The van der Waals surface area contributed by atoms with Crippen molar-refractivity contribution in [1.82, 2.24) is 20.1 Å². The molecular weight excluding hydrogens is 578 g/mol. The number of hydrogen-bond acceptors (Lipinski definition) is 6. The van der Waals surface area contributed by atoms with Crippen molar-refractivity contribution in [2.45, 2.75) is 82.3 Å². The van der Waals surface area contributed by atoms with Crippen molar-refractivity contribution in [3.05, 3.63) is 59.5 Å². The molecule has 3 fully saturated rings. The Labute approximate surface area is 264 Å². The molecule has 0 saturated heterocycles. The fraction of sp³-hybridized carbons (Fsp3) is 0.529. The van der Waals surface area contributed by atoms with Crippen molar-refractivity contribution in [1.29, 1.82) is 0 Å². The molecule has 3 aliphatic carbocycles. The molecule has 1 aromatic carbocycles. The number of aromatic nitrogens is 3. The monoisotopic (exact) mass is 619 g/mol. The number of benzene rings is 1. The Hall–Kier alpha value is -3.59. The highest BCUT2D eigenvalue weighted by Gasteiger charge is 2.34. The van der Waals surface area contributed by atoms with Crippen LogP contribution in [0.25, 0.3) is 11.1 Å². The van der Waals surface area contributed by atoms with Crippen molar-refractivity contribution in [2.24, 2.45) is 11.8 Å². The Morgan fingerprint density at radius 3 is 2.45 bits per heavy atom. The fourth-order valence-corrected chi connectivity index (χ4v) is 7.06. The first-order chi connectivity index (χ1) is 21.4. The zero-order valence-corrected chi connectivity index (χ0v) is 26.3. The van der Waals surface area contributed by atoms with Gasteiger partial charge in [-0.1, -0.05) is 23.7 Å². The van der Waals surface area contributed by atoms with Gasteiger partial charge in [0.1, 0.15) is 11.1 Å². The number of alkyl carbamates (subject to hydrolysis) is 1. The van der Waals surface area contributed by atoms with Crippen molar-refractivity contribution in [2.75, 3.05) is 25.6 Å². The lowest BCUT2D eigenvalue weighted by Crippen LogP contribution is -2.42. The van der Waals surface area contributed by atoms with Crippen LogP contribution < -0.4 is 15.0 Å². The molecule has 9 nitrogen and oxygen atoms in total. The van der Waals surface area contributed by atoms with Crippen molar-refractivity contribution in [3.8, 4) is 17.0 Å². The molecular formula is C34H42ClN5O4. The number of amides is 2. The van der Waals surface area contributed by atoms with Gasteiger partial charge < -0.3 is 19.7 Å². The van der Waals surface area contributed by atoms with Gasteiger partial charge in [0, 0.05) is 43.2 Å². The minimum Gasteiger partial charge on any atom is -0.480 e. The number of nitrogens with zero attached hydrogens (tertiary/aromatic N) is 4. The average Bonchev–Trinajstić information content (AvgIpc) is 3.79. The third-order valence-corrected chi connectivity index (χ3v) is 9.83. The van der Waals surface area contributed by atoms with Gasteiger partial charge in [-0.25, -0.2) is 9.78 Å². The van der Waals surface area contributed by atoms with Gasteiger partial charge in [0.05, 0.1) is 19.3 Å². The number of methoxy groups -OCH3 is 1. The molecule has 2 aromatic heterocycles. The van der Waals surface area contributed by atoms with E-state index >= 15 is 0 Å². The largest absolute Gasteiger partial charge is 0.480 e. The van der Waals surface area contributed by atoms with E-state index in [2.05, 4.69) is 44.5 Å². The lowest BCUT2D eigenvalue weighted by Gasteiger charge is -2.36. The summed E-state index contributed by atoms with van der Waals surface area (Å²) in [5, 5.41) is 7.66. The summed E-state index contributed by atoms with van der Waals surface area (Å²) in [6.07, 6.45) is 14.7. The fourth-order valence-electron chi connectivity index (χ4n) is 6.81. The van der Waals surface area contributed by atoms with E-state index < -0.39 is 6.09 Å². The summed E-state index contributed by atoms with van der Waals surface area (Å²) in [7, 11) is 3.14. The standard InChI is InChI=1S/C34H42ClN5O4/c1-36-34(42)44-30-14-10-24(11-15-30)33(41)39(29-5-3-4-25(16-29)27-19-38-40(21-27)28-12-13-28)20-22-6-8-23(9-7-22)26-17-31(35)32(43-2)37-18-26/h3-5,16-19,21-24,28,30H,6-15,20H2,1-2H3,(H,36,42)/t22-,23-,24-,30-. The maximum Gasteiger partial charge on any atom is 0.407 e. The van der Waals surface area contributed by atoms with Crippen LogP contribution in [0.1, 0.15) is 81.7 Å². The lowest BCUT2D eigenvalue weighted by atomic mass is 9.78. The summed E-state index contributed by atoms with van der Waals surface area (Å²) >= 11 is 6.38. The molecule has 0 spiro atoms. The normalized spacial score (nSPS) is 23.5. The van der Waals surface area contributed by atoms with E-state index in [4.69, 9.17) is 21.1 Å². The number of rotatable bonds is 9. The topological polar surface area (TPSA) is 98.6 Å². The second-order valence-corrected chi connectivity index (χ2v) is 13.0. The minimum absolute atomic E-state index is 0.0929. The predicted octanol–water partition coefficient (Wildman–Crippen LogP) is 7.16. The Balaban J connectivity index is 1.17. The molecule has 0 unspecified atom stereocenters. The molecule has 0 radical (unpaired) electrons. The van der Waals surface area contributed by atoms with E-state index in [0.717, 1.165) is 48.1 Å². The first kappa shape index (κ1) is 30.4. The number of ether oxygens (including phenoxy) is 2. The second kappa shape index (κ2) is 13.6. The molecule has 44 heavy (non-hydrogen) atoms. The van der Waals surface area contributed by atoms with Crippen LogP contribution in [-0.2, 0) is 9.53 Å². The molecule has 234 valence electrons.